The van der Waals surface area contributed by atoms with E-state index >= 15 is 0 Å². The minimum atomic E-state index is -0.557. The van der Waals surface area contributed by atoms with Crippen molar-refractivity contribution in [3.05, 3.63) is 43.7 Å². The summed E-state index contributed by atoms with van der Waals surface area (Å²) in [6, 6.07) is 3.09. The van der Waals surface area contributed by atoms with Crippen molar-refractivity contribution in [3.8, 4) is 5.75 Å². The van der Waals surface area contributed by atoms with Gasteiger partial charge in [-0.15, -0.1) is 11.3 Å². The van der Waals surface area contributed by atoms with Crippen LogP contribution in [0.2, 0.25) is 10.0 Å². The van der Waals surface area contributed by atoms with E-state index in [-0.39, 0.29) is 16.7 Å². The monoisotopic (exact) mass is 382 g/mol. The van der Waals surface area contributed by atoms with Gasteiger partial charge in [-0.05, 0) is 42.9 Å². The Kier molecular flexibility index (Phi) is 3.90. The first-order chi connectivity index (χ1) is 11.4. The number of benzene rings is 1. The lowest BCUT2D eigenvalue weighted by atomic mass is 9.88. The number of amides is 1. The minimum absolute atomic E-state index is 0.0720. The molecule has 0 spiro atoms. The minimum Gasteiger partial charge on any atom is -0.506 e. The van der Waals surface area contributed by atoms with E-state index in [1.54, 1.807) is 17.4 Å². The second-order valence-electron chi connectivity index (χ2n) is 6.43. The van der Waals surface area contributed by atoms with Crippen LogP contribution >= 0.6 is 34.5 Å². The molecule has 2 aliphatic rings. The number of fused-ring (bicyclic) bond motifs is 3. The second-order valence-corrected chi connectivity index (χ2v) is 8.38. The van der Waals surface area contributed by atoms with Gasteiger partial charge in [0.05, 0.1) is 10.6 Å². The molecule has 2 unspecified atom stereocenters. The van der Waals surface area contributed by atoms with Gasteiger partial charge in [-0.3, -0.25) is 4.79 Å². The molecule has 126 valence electrons. The lowest BCUT2D eigenvalue weighted by molar-refractivity contribution is 0.0935. The molecule has 4 rings (SSSR count). The summed E-state index contributed by atoms with van der Waals surface area (Å²) in [5, 5.41) is 17.9. The molecule has 0 fully saturated rings. The Morgan fingerprint density at radius 1 is 1.29 bits per heavy atom. The van der Waals surface area contributed by atoms with E-state index in [1.807, 2.05) is 0 Å². The van der Waals surface area contributed by atoms with Crippen LogP contribution in [-0.4, -0.2) is 11.0 Å². The van der Waals surface area contributed by atoms with Crippen LogP contribution in [0.5, 0.6) is 5.75 Å². The summed E-state index contributed by atoms with van der Waals surface area (Å²) in [6.07, 6.45) is 2.51. The molecule has 3 N–H and O–H groups in total. The quantitative estimate of drug-likeness (QED) is 0.667. The number of rotatable bonds is 1. The van der Waals surface area contributed by atoms with Gasteiger partial charge in [-0.2, -0.15) is 0 Å². The Morgan fingerprint density at radius 3 is 2.88 bits per heavy atom. The molecule has 2 heterocycles. The van der Waals surface area contributed by atoms with E-state index in [0.29, 0.717) is 16.5 Å². The Bertz CT molecular complexity index is 850. The molecule has 1 amide bonds. The van der Waals surface area contributed by atoms with Crippen molar-refractivity contribution < 1.29 is 9.90 Å². The Hall–Kier alpha value is -1.43. The van der Waals surface area contributed by atoms with Gasteiger partial charge in [0, 0.05) is 15.5 Å². The predicted octanol–water partition coefficient (Wildman–Crippen LogP) is 4.74. The number of carbonyl (C=O) groups excluding carboxylic acids is 1. The molecule has 2 aromatic rings. The maximum Gasteiger partial charge on any atom is 0.256 e. The summed E-state index contributed by atoms with van der Waals surface area (Å²) < 4.78 is 0. The topological polar surface area (TPSA) is 61.4 Å². The highest BCUT2D eigenvalue weighted by Gasteiger charge is 2.34. The molecular formula is C17H16Cl2N2O2S. The fourth-order valence-electron chi connectivity index (χ4n) is 3.42. The van der Waals surface area contributed by atoms with Gasteiger partial charge in [0.15, 0.2) is 0 Å². The molecule has 4 nitrogen and oxygen atoms in total. The van der Waals surface area contributed by atoms with Crippen molar-refractivity contribution in [1.82, 2.24) is 5.32 Å². The van der Waals surface area contributed by atoms with Crippen molar-refractivity contribution in [2.75, 3.05) is 5.32 Å². The van der Waals surface area contributed by atoms with Gasteiger partial charge < -0.3 is 15.7 Å². The van der Waals surface area contributed by atoms with E-state index in [1.165, 1.54) is 16.5 Å². The van der Waals surface area contributed by atoms with E-state index in [4.69, 9.17) is 23.2 Å². The summed E-state index contributed by atoms with van der Waals surface area (Å²) in [5.74, 6) is 0.459. The zero-order valence-electron chi connectivity index (χ0n) is 13.0. The van der Waals surface area contributed by atoms with Gasteiger partial charge in [0.1, 0.15) is 16.9 Å². The van der Waals surface area contributed by atoms with E-state index in [0.717, 1.165) is 29.8 Å². The van der Waals surface area contributed by atoms with Gasteiger partial charge in [0.2, 0.25) is 0 Å². The SMILES string of the molecule is CC1CCc2c(sc3c2C(=O)NC(c2cc(Cl)cc(Cl)c2O)N3)C1. The Labute approximate surface area is 153 Å². The molecule has 1 aromatic heterocycles. The molecule has 1 aliphatic heterocycles. The first-order valence-electron chi connectivity index (χ1n) is 7.84. The zero-order chi connectivity index (χ0) is 17.0. The van der Waals surface area contributed by atoms with Crippen LogP contribution in [0, 0.1) is 5.92 Å². The van der Waals surface area contributed by atoms with Crippen LogP contribution in [0.15, 0.2) is 12.1 Å². The molecule has 1 aromatic carbocycles. The van der Waals surface area contributed by atoms with Crippen molar-refractivity contribution in [2.24, 2.45) is 5.92 Å². The second kappa shape index (κ2) is 5.83. The van der Waals surface area contributed by atoms with Crippen LogP contribution < -0.4 is 10.6 Å². The van der Waals surface area contributed by atoms with Crippen LogP contribution in [0.1, 0.15) is 45.9 Å². The molecule has 0 bridgehead atoms. The normalized spacial score (nSPS) is 22.4. The molecule has 7 heteroatoms. The fourth-order valence-corrected chi connectivity index (χ4v) is 5.37. The maximum absolute atomic E-state index is 12.7. The average molecular weight is 383 g/mol. The largest absolute Gasteiger partial charge is 0.506 e. The summed E-state index contributed by atoms with van der Waals surface area (Å²) in [4.78, 5) is 14.0. The molecule has 2 atom stereocenters. The van der Waals surface area contributed by atoms with Gasteiger partial charge >= 0.3 is 0 Å². The first kappa shape index (κ1) is 16.1. The number of thiophene rings is 1. The first-order valence-corrected chi connectivity index (χ1v) is 9.41. The van der Waals surface area contributed by atoms with Crippen molar-refractivity contribution in [3.63, 3.8) is 0 Å². The van der Waals surface area contributed by atoms with Crippen LogP contribution in [0.3, 0.4) is 0 Å². The van der Waals surface area contributed by atoms with Crippen molar-refractivity contribution >= 4 is 45.4 Å². The molecule has 0 saturated heterocycles. The van der Waals surface area contributed by atoms with Gasteiger partial charge in [-0.25, -0.2) is 0 Å². The average Bonchev–Trinajstić information content (AvgIpc) is 2.88. The third kappa shape index (κ3) is 2.55. The number of halogens is 2. The number of hydrogen-bond acceptors (Lipinski definition) is 4. The lowest BCUT2D eigenvalue weighted by Gasteiger charge is -2.27. The highest BCUT2D eigenvalue weighted by atomic mass is 35.5. The van der Waals surface area contributed by atoms with Crippen LogP contribution in [0.4, 0.5) is 5.00 Å². The molecule has 24 heavy (non-hydrogen) atoms. The van der Waals surface area contributed by atoms with Gasteiger partial charge in [0.25, 0.3) is 5.91 Å². The summed E-state index contributed by atoms with van der Waals surface area (Å²) in [7, 11) is 0. The van der Waals surface area contributed by atoms with E-state index in [9.17, 15) is 9.90 Å². The van der Waals surface area contributed by atoms with Crippen LogP contribution in [0.25, 0.3) is 0 Å². The predicted molar refractivity (Wildman–Crippen MR) is 97.5 cm³/mol. The van der Waals surface area contributed by atoms with E-state index < -0.39 is 6.17 Å². The Morgan fingerprint density at radius 2 is 2.08 bits per heavy atom. The number of phenols is 1. The lowest BCUT2D eigenvalue weighted by Crippen LogP contribution is -2.38. The fraction of sp³-hybridized carbons (Fsp3) is 0.353. The number of hydrogen-bond donors (Lipinski definition) is 3. The number of phenolic OH excluding ortho intramolecular Hbond substituents is 1. The smallest absolute Gasteiger partial charge is 0.256 e. The van der Waals surface area contributed by atoms with Crippen molar-refractivity contribution in [2.45, 2.75) is 32.4 Å². The summed E-state index contributed by atoms with van der Waals surface area (Å²) >= 11 is 13.7. The third-order valence-corrected chi connectivity index (χ3v) is 6.35. The third-order valence-electron chi connectivity index (χ3n) is 4.66. The zero-order valence-corrected chi connectivity index (χ0v) is 15.3. The molecular weight excluding hydrogens is 367 g/mol. The standard InChI is InChI=1S/C17H16Cl2N2O2S/c1-7-2-3-9-12(4-7)24-17-13(9)16(23)20-15(21-17)10-5-8(18)6-11(19)14(10)22/h5-7,15,21-22H,2-4H2,1H3,(H,20,23). The van der Waals surface area contributed by atoms with E-state index in [2.05, 4.69) is 17.6 Å². The highest BCUT2D eigenvalue weighted by Crippen LogP contribution is 2.44. The molecule has 0 saturated carbocycles. The Balaban J connectivity index is 1.74. The summed E-state index contributed by atoms with van der Waals surface area (Å²) in [5.41, 5.74) is 2.39. The van der Waals surface area contributed by atoms with Gasteiger partial charge in [-0.1, -0.05) is 30.1 Å². The number of carbonyl (C=O) groups is 1. The molecule has 1 aliphatic carbocycles. The molecule has 0 radical (unpaired) electrons. The summed E-state index contributed by atoms with van der Waals surface area (Å²) in [6.45, 7) is 2.24. The number of anilines is 1. The maximum atomic E-state index is 12.7. The number of nitrogens with one attached hydrogen (secondary N) is 2. The van der Waals surface area contributed by atoms with Crippen molar-refractivity contribution in [1.29, 1.82) is 0 Å². The van der Waals surface area contributed by atoms with Crippen LogP contribution in [-0.2, 0) is 12.8 Å². The highest BCUT2D eigenvalue weighted by molar-refractivity contribution is 7.16. The number of aromatic hydroxyl groups is 1.